The highest BCUT2D eigenvalue weighted by Gasteiger charge is 2.31. The summed E-state index contributed by atoms with van der Waals surface area (Å²) in [6.45, 7) is 1.04. The molecule has 7 heteroatoms. The second kappa shape index (κ2) is 11.7. The van der Waals surface area contributed by atoms with E-state index < -0.39 is 6.29 Å². The van der Waals surface area contributed by atoms with Crippen molar-refractivity contribution in [2.24, 2.45) is 0 Å². The van der Waals surface area contributed by atoms with Gasteiger partial charge in [-0.15, -0.1) is 0 Å². The molecule has 1 heterocycles. The lowest BCUT2D eigenvalue weighted by atomic mass is 9.87. The van der Waals surface area contributed by atoms with Crippen LogP contribution in [0.1, 0.15) is 34.6 Å². The maximum Gasteiger partial charge on any atom is 0.286 e. The number of ether oxygens (including phenoxy) is 3. The largest absolute Gasteiger partial charge is 0.459 e. The molecule has 5 rings (SSSR count). The Kier molecular flexibility index (Phi) is 7.94. The number of allylic oxidation sites excluding steroid dienone is 1. The molecule has 1 aliphatic carbocycles. The molecule has 0 spiro atoms. The Morgan fingerprint density at radius 1 is 1.00 bits per heavy atom. The number of carbonyl (C=O) groups excluding carboxylic acids is 1. The fourth-order valence-electron chi connectivity index (χ4n) is 4.94. The van der Waals surface area contributed by atoms with Crippen LogP contribution in [0.2, 0.25) is 0 Å². The number of fused-ring (bicyclic) bond motifs is 3. The quantitative estimate of drug-likeness (QED) is 0.313. The van der Waals surface area contributed by atoms with Crippen molar-refractivity contribution in [2.45, 2.75) is 31.6 Å². The van der Waals surface area contributed by atoms with Crippen molar-refractivity contribution in [3.63, 3.8) is 0 Å². The van der Waals surface area contributed by atoms with Gasteiger partial charge in [0.25, 0.3) is 5.91 Å². The molecule has 1 aliphatic heterocycles. The van der Waals surface area contributed by atoms with Crippen LogP contribution in [-0.2, 0) is 32.0 Å². The molecule has 0 unspecified atom stereocenters. The zero-order valence-corrected chi connectivity index (χ0v) is 20.5. The van der Waals surface area contributed by atoms with Gasteiger partial charge in [0.05, 0.1) is 26.4 Å². The van der Waals surface area contributed by atoms with Gasteiger partial charge in [-0.3, -0.25) is 4.79 Å². The Morgan fingerprint density at radius 2 is 1.81 bits per heavy atom. The van der Waals surface area contributed by atoms with Gasteiger partial charge in [-0.1, -0.05) is 54.6 Å². The van der Waals surface area contributed by atoms with Crippen LogP contribution in [-0.4, -0.2) is 43.7 Å². The number of aliphatic hydroxyl groups is 1. The standard InChI is InChI=1S/C30H30FNO5/c31-23-10-8-20(9-11-23)19-32-30(34)28-17-22(18-29(37-28)36-15-14-35-13-12-33)25-6-3-7-26-24-5-2-1-4-21(24)16-27(25)26/h1-11,17,22,29,33H,12-16,18-19H2,(H,32,34)/t22-,29+/m0/s1. The Hall–Kier alpha value is -3.52. The van der Waals surface area contributed by atoms with Gasteiger partial charge in [0.2, 0.25) is 6.29 Å². The molecule has 2 atom stereocenters. The molecule has 2 aliphatic rings. The van der Waals surface area contributed by atoms with E-state index in [0.717, 1.165) is 17.5 Å². The number of hydrogen-bond donors (Lipinski definition) is 2. The minimum Gasteiger partial charge on any atom is -0.459 e. The number of halogens is 1. The summed E-state index contributed by atoms with van der Waals surface area (Å²) < 4.78 is 30.4. The van der Waals surface area contributed by atoms with Crippen molar-refractivity contribution in [2.75, 3.05) is 26.4 Å². The van der Waals surface area contributed by atoms with Gasteiger partial charge in [0, 0.05) is 18.9 Å². The highest BCUT2D eigenvalue weighted by Crippen LogP contribution is 2.42. The average molecular weight is 504 g/mol. The molecular weight excluding hydrogens is 473 g/mol. The summed E-state index contributed by atoms with van der Waals surface area (Å²) in [5, 5.41) is 11.8. The zero-order valence-electron chi connectivity index (χ0n) is 20.5. The van der Waals surface area contributed by atoms with Crippen LogP contribution in [0.5, 0.6) is 0 Å². The molecule has 0 aromatic heterocycles. The van der Waals surface area contributed by atoms with Gasteiger partial charge < -0.3 is 24.6 Å². The molecule has 0 radical (unpaired) electrons. The van der Waals surface area contributed by atoms with E-state index in [2.05, 4.69) is 47.8 Å². The molecule has 1 amide bonds. The average Bonchev–Trinajstić information content (AvgIpc) is 3.31. The fraction of sp³-hybridized carbons (Fsp3) is 0.300. The van der Waals surface area contributed by atoms with Crippen molar-refractivity contribution in [3.05, 3.63) is 107 Å². The maximum absolute atomic E-state index is 13.2. The highest BCUT2D eigenvalue weighted by molar-refractivity contribution is 5.91. The molecule has 0 saturated carbocycles. The molecular formula is C30H30FNO5. The third kappa shape index (κ3) is 5.91. The van der Waals surface area contributed by atoms with Crippen LogP contribution in [0.4, 0.5) is 4.39 Å². The summed E-state index contributed by atoms with van der Waals surface area (Å²) in [5.41, 5.74) is 6.99. The van der Waals surface area contributed by atoms with Crippen molar-refractivity contribution < 1.29 is 28.5 Å². The van der Waals surface area contributed by atoms with E-state index in [4.69, 9.17) is 19.3 Å². The predicted molar refractivity (Wildman–Crippen MR) is 137 cm³/mol. The lowest BCUT2D eigenvalue weighted by molar-refractivity contribution is -0.151. The number of carbonyl (C=O) groups is 1. The van der Waals surface area contributed by atoms with Gasteiger partial charge in [0.15, 0.2) is 5.76 Å². The van der Waals surface area contributed by atoms with E-state index in [1.165, 1.54) is 34.4 Å². The second-order valence-electron chi connectivity index (χ2n) is 9.14. The molecule has 37 heavy (non-hydrogen) atoms. The SMILES string of the molecule is O=C(NCc1ccc(F)cc1)C1=C[C@H](c2cccc3c2Cc2ccccc2-3)C[C@H](OCCOCCO)O1. The summed E-state index contributed by atoms with van der Waals surface area (Å²) in [6.07, 6.45) is 2.65. The Labute approximate surface area is 215 Å². The van der Waals surface area contributed by atoms with Crippen LogP contribution < -0.4 is 5.32 Å². The molecule has 6 nitrogen and oxygen atoms in total. The van der Waals surface area contributed by atoms with Crippen LogP contribution in [0.25, 0.3) is 11.1 Å². The van der Waals surface area contributed by atoms with Gasteiger partial charge in [-0.2, -0.15) is 0 Å². The van der Waals surface area contributed by atoms with Gasteiger partial charge >= 0.3 is 0 Å². The number of rotatable bonds is 10. The minimum absolute atomic E-state index is 0.0510. The summed E-state index contributed by atoms with van der Waals surface area (Å²) >= 11 is 0. The Balaban J connectivity index is 1.36. The fourth-order valence-corrected chi connectivity index (χ4v) is 4.94. The number of amides is 1. The molecule has 0 saturated heterocycles. The highest BCUT2D eigenvalue weighted by atomic mass is 19.1. The number of benzene rings is 3. The van der Waals surface area contributed by atoms with Crippen LogP contribution in [0.15, 0.2) is 78.6 Å². The molecule has 3 aromatic carbocycles. The number of nitrogens with one attached hydrogen (secondary N) is 1. The van der Waals surface area contributed by atoms with Gasteiger partial charge in [0.1, 0.15) is 5.82 Å². The Bertz CT molecular complexity index is 1270. The Morgan fingerprint density at radius 3 is 2.65 bits per heavy atom. The lowest BCUT2D eigenvalue weighted by Crippen LogP contribution is -2.33. The van der Waals surface area contributed by atoms with E-state index >= 15 is 0 Å². The van der Waals surface area contributed by atoms with E-state index in [0.29, 0.717) is 13.0 Å². The van der Waals surface area contributed by atoms with E-state index in [1.54, 1.807) is 12.1 Å². The first kappa shape index (κ1) is 25.1. The van der Waals surface area contributed by atoms with Gasteiger partial charge in [-0.25, -0.2) is 4.39 Å². The number of aliphatic hydroxyl groups excluding tert-OH is 1. The molecule has 0 bridgehead atoms. The van der Waals surface area contributed by atoms with E-state index in [-0.39, 0.29) is 49.8 Å². The minimum atomic E-state index is -0.626. The van der Waals surface area contributed by atoms with E-state index in [9.17, 15) is 9.18 Å². The van der Waals surface area contributed by atoms with Crippen LogP contribution in [0, 0.1) is 5.82 Å². The molecule has 192 valence electrons. The summed E-state index contributed by atoms with van der Waals surface area (Å²) in [5.74, 6) is -0.549. The normalized spacial score (nSPS) is 17.9. The second-order valence-corrected chi connectivity index (χ2v) is 9.14. The first-order valence-corrected chi connectivity index (χ1v) is 12.5. The topological polar surface area (TPSA) is 77.0 Å². The van der Waals surface area contributed by atoms with Crippen molar-refractivity contribution in [1.29, 1.82) is 0 Å². The molecule has 0 fully saturated rings. The summed E-state index contributed by atoms with van der Waals surface area (Å²) in [7, 11) is 0. The van der Waals surface area contributed by atoms with Crippen LogP contribution >= 0.6 is 0 Å². The van der Waals surface area contributed by atoms with Crippen molar-refractivity contribution in [3.8, 4) is 11.1 Å². The maximum atomic E-state index is 13.2. The van der Waals surface area contributed by atoms with E-state index in [1.807, 2.05) is 6.08 Å². The van der Waals surface area contributed by atoms with Gasteiger partial charge in [-0.05, 0) is 58.0 Å². The lowest BCUT2D eigenvalue weighted by Gasteiger charge is -2.30. The summed E-state index contributed by atoms with van der Waals surface area (Å²) in [4.78, 5) is 13.1. The number of hydrogen-bond acceptors (Lipinski definition) is 5. The first-order chi connectivity index (χ1) is 18.1. The molecule has 3 aromatic rings. The van der Waals surface area contributed by atoms with Crippen LogP contribution in [0.3, 0.4) is 0 Å². The van der Waals surface area contributed by atoms with Crippen molar-refractivity contribution in [1.82, 2.24) is 5.32 Å². The smallest absolute Gasteiger partial charge is 0.286 e. The monoisotopic (exact) mass is 503 g/mol. The third-order valence-electron chi connectivity index (χ3n) is 6.70. The first-order valence-electron chi connectivity index (χ1n) is 12.5. The zero-order chi connectivity index (χ0) is 25.6. The van der Waals surface area contributed by atoms with Crippen molar-refractivity contribution >= 4 is 5.91 Å². The molecule has 2 N–H and O–H groups in total. The predicted octanol–water partition coefficient (Wildman–Crippen LogP) is 4.45. The third-order valence-corrected chi connectivity index (χ3v) is 6.70. The summed E-state index contributed by atoms with van der Waals surface area (Å²) in [6, 6.07) is 20.8.